The predicted molar refractivity (Wildman–Crippen MR) is 56.1 cm³/mol. The number of nitrogens with one attached hydrogen (secondary N) is 1. The summed E-state index contributed by atoms with van der Waals surface area (Å²) in [6.45, 7) is 2.98. The Kier molecular flexibility index (Phi) is 2.93. The van der Waals surface area contributed by atoms with Crippen LogP contribution in [-0.2, 0) is 9.59 Å². The van der Waals surface area contributed by atoms with Crippen LogP contribution < -0.4 is 5.32 Å². The van der Waals surface area contributed by atoms with Crippen molar-refractivity contribution in [2.24, 2.45) is 5.92 Å². The second-order valence-corrected chi connectivity index (χ2v) is 4.59. The van der Waals surface area contributed by atoms with E-state index in [0.29, 0.717) is 12.6 Å². The maximum absolute atomic E-state index is 11.8. The third-order valence-corrected chi connectivity index (χ3v) is 3.16. The quantitative estimate of drug-likeness (QED) is 0.722. The van der Waals surface area contributed by atoms with Gasteiger partial charge in [0.25, 0.3) is 0 Å². The third kappa shape index (κ3) is 2.70. The molecule has 4 heteroatoms. The molecule has 0 spiro atoms. The van der Waals surface area contributed by atoms with Crippen LogP contribution in [-0.4, -0.2) is 35.8 Å². The van der Waals surface area contributed by atoms with Crippen LogP contribution in [0.3, 0.4) is 0 Å². The first kappa shape index (κ1) is 10.5. The van der Waals surface area contributed by atoms with Gasteiger partial charge in [-0.2, -0.15) is 0 Å². The summed E-state index contributed by atoms with van der Waals surface area (Å²) < 4.78 is 0. The lowest BCUT2D eigenvalue weighted by Gasteiger charge is -2.31. The van der Waals surface area contributed by atoms with Crippen LogP contribution in [0, 0.1) is 5.92 Å². The van der Waals surface area contributed by atoms with Gasteiger partial charge in [-0.1, -0.05) is 0 Å². The van der Waals surface area contributed by atoms with Crippen molar-refractivity contribution in [2.75, 3.05) is 13.1 Å². The Morgan fingerprint density at radius 1 is 1.27 bits per heavy atom. The summed E-state index contributed by atoms with van der Waals surface area (Å²) in [7, 11) is 0. The third-order valence-electron chi connectivity index (χ3n) is 3.16. The lowest BCUT2D eigenvalue weighted by atomic mass is 9.97. The zero-order chi connectivity index (χ0) is 10.8. The molecule has 0 radical (unpaired) electrons. The summed E-state index contributed by atoms with van der Waals surface area (Å²) in [6, 6.07) is 0.421. The highest BCUT2D eigenvalue weighted by Gasteiger charge is 2.30. The molecule has 0 bridgehead atoms. The Morgan fingerprint density at radius 2 is 2.00 bits per heavy atom. The molecule has 2 rings (SSSR count). The summed E-state index contributed by atoms with van der Waals surface area (Å²) in [4.78, 5) is 24.7. The van der Waals surface area contributed by atoms with Gasteiger partial charge in [-0.3, -0.25) is 9.59 Å². The molecule has 1 N–H and O–H groups in total. The predicted octanol–water partition coefficient (Wildman–Crippen LogP) is 0.523. The molecule has 1 aliphatic heterocycles. The van der Waals surface area contributed by atoms with Gasteiger partial charge < -0.3 is 10.2 Å². The lowest BCUT2D eigenvalue weighted by molar-refractivity contribution is -0.134. The van der Waals surface area contributed by atoms with Gasteiger partial charge in [0.15, 0.2) is 0 Å². The second-order valence-electron chi connectivity index (χ2n) is 4.59. The highest BCUT2D eigenvalue weighted by atomic mass is 16.2. The Morgan fingerprint density at radius 3 is 2.60 bits per heavy atom. The van der Waals surface area contributed by atoms with Gasteiger partial charge in [-0.05, 0) is 25.7 Å². The molecule has 2 amide bonds. The van der Waals surface area contributed by atoms with Crippen LogP contribution in [0.1, 0.15) is 32.6 Å². The van der Waals surface area contributed by atoms with E-state index in [9.17, 15) is 9.59 Å². The zero-order valence-corrected chi connectivity index (χ0v) is 9.16. The Hall–Kier alpha value is -1.06. The van der Waals surface area contributed by atoms with Crippen molar-refractivity contribution >= 4 is 11.8 Å². The van der Waals surface area contributed by atoms with E-state index in [2.05, 4.69) is 5.32 Å². The van der Waals surface area contributed by atoms with E-state index in [1.165, 1.54) is 0 Å². The van der Waals surface area contributed by atoms with E-state index in [-0.39, 0.29) is 17.7 Å². The Labute approximate surface area is 90.0 Å². The average Bonchev–Trinajstić information content (AvgIpc) is 3.02. The van der Waals surface area contributed by atoms with E-state index in [4.69, 9.17) is 0 Å². The van der Waals surface area contributed by atoms with E-state index in [1.54, 1.807) is 11.8 Å². The van der Waals surface area contributed by atoms with Crippen LogP contribution in [0.4, 0.5) is 0 Å². The van der Waals surface area contributed by atoms with Crippen LogP contribution in [0.25, 0.3) is 0 Å². The number of carbonyl (C=O) groups excluding carboxylic acids is 2. The molecular weight excluding hydrogens is 192 g/mol. The summed E-state index contributed by atoms with van der Waals surface area (Å²) in [5.74, 6) is 0.241. The fraction of sp³-hybridized carbons (Fsp3) is 0.818. The van der Waals surface area contributed by atoms with Gasteiger partial charge in [0, 0.05) is 26.1 Å². The van der Waals surface area contributed by atoms with Crippen molar-refractivity contribution in [1.82, 2.24) is 10.2 Å². The van der Waals surface area contributed by atoms with Crippen LogP contribution in [0.15, 0.2) is 0 Å². The minimum Gasteiger partial charge on any atom is -0.353 e. The number of amides is 2. The topological polar surface area (TPSA) is 49.4 Å². The summed E-state index contributed by atoms with van der Waals surface area (Å²) in [5, 5.41) is 3.01. The summed E-state index contributed by atoms with van der Waals surface area (Å²) in [5.41, 5.74) is 0. The van der Waals surface area contributed by atoms with Gasteiger partial charge in [0.05, 0.1) is 5.92 Å². The molecule has 0 aromatic rings. The van der Waals surface area contributed by atoms with Crippen molar-refractivity contribution in [1.29, 1.82) is 0 Å². The molecule has 15 heavy (non-hydrogen) atoms. The maximum Gasteiger partial charge on any atom is 0.225 e. The molecule has 84 valence electrons. The number of hydrogen-bond donors (Lipinski definition) is 1. The van der Waals surface area contributed by atoms with Crippen LogP contribution >= 0.6 is 0 Å². The average molecular weight is 210 g/mol. The molecule has 1 atom stereocenters. The number of rotatable bonds is 2. The monoisotopic (exact) mass is 210 g/mol. The van der Waals surface area contributed by atoms with Crippen LogP contribution in [0.5, 0.6) is 0 Å². The normalized spacial score (nSPS) is 26.2. The van der Waals surface area contributed by atoms with E-state index in [0.717, 1.165) is 32.2 Å². The molecule has 1 unspecified atom stereocenters. The molecule has 1 heterocycles. The number of nitrogens with zero attached hydrogens (tertiary/aromatic N) is 1. The standard InChI is InChI=1S/C11H18N2O2/c1-8(14)13-6-2-3-9(7-13)11(15)12-10-4-5-10/h9-10H,2-7H2,1H3,(H,12,15). The molecule has 1 saturated heterocycles. The minimum absolute atomic E-state index is 0.0169. The van der Waals surface area contributed by atoms with E-state index in [1.807, 2.05) is 0 Å². The molecular formula is C11H18N2O2. The van der Waals surface area contributed by atoms with Gasteiger partial charge in [0.2, 0.25) is 11.8 Å². The van der Waals surface area contributed by atoms with E-state index >= 15 is 0 Å². The van der Waals surface area contributed by atoms with Gasteiger partial charge in [-0.25, -0.2) is 0 Å². The van der Waals surface area contributed by atoms with Crippen molar-refractivity contribution in [3.05, 3.63) is 0 Å². The Bertz CT molecular complexity index is 274. The van der Waals surface area contributed by atoms with Gasteiger partial charge >= 0.3 is 0 Å². The number of hydrogen-bond acceptors (Lipinski definition) is 2. The number of likely N-dealkylation sites (tertiary alicyclic amines) is 1. The Balaban J connectivity index is 1.85. The maximum atomic E-state index is 11.8. The molecule has 1 aliphatic carbocycles. The van der Waals surface area contributed by atoms with Crippen molar-refractivity contribution in [2.45, 2.75) is 38.6 Å². The van der Waals surface area contributed by atoms with E-state index < -0.39 is 0 Å². The molecule has 2 aliphatic rings. The largest absolute Gasteiger partial charge is 0.353 e. The molecule has 0 aromatic heterocycles. The number of piperidine rings is 1. The number of carbonyl (C=O) groups is 2. The smallest absolute Gasteiger partial charge is 0.225 e. The van der Waals surface area contributed by atoms with Crippen molar-refractivity contribution < 1.29 is 9.59 Å². The van der Waals surface area contributed by atoms with Crippen molar-refractivity contribution in [3.63, 3.8) is 0 Å². The zero-order valence-electron chi connectivity index (χ0n) is 9.16. The SMILES string of the molecule is CC(=O)N1CCCC(C(=O)NC2CC2)C1. The highest BCUT2D eigenvalue weighted by Crippen LogP contribution is 2.22. The lowest BCUT2D eigenvalue weighted by Crippen LogP contribution is -2.45. The first-order valence-corrected chi connectivity index (χ1v) is 5.72. The first-order valence-electron chi connectivity index (χ1n) is 5.72. The molecule has 0 aromatic carbocycles. The highest BCUT2D eigenvalue weighted by molar-refractivity contribution is 5.81. The van der Waals surface area contributed by atoms with Gasteiger partial charge in [0.1, 0.15) is 0 Å². The minimum atomic E-state index is 0.0169. The summed E-state index contributed by atoms with van der Waals surface area (Å²) >= 11 is 0. The fourth-order valence-corrected chi connectivity index (χ4v) is 2.02. The van der Waals surface area contributed by atoms with Crippen LogP contribution in [0.2, 0.25) is 0 Å². The second kappa shape index (κ2) is 4.21. The summed E-state index contributed by atoms with van der Waals surface area (Å²) in [6.07, 6.45) is 4.11. The van der Waals surface area contributed by atoms with Crippen molar-refractivity contribution in [3.8, 4) is 0 Å². The van der Waals surface area contributed by atoms with Gasteiger partial charge in [-0.15, -0.1) is 0 Å². The molecule has 4 nitrogen and oxygen atoms in total. The first-order chi connectivity index (χ1) is 7.16. The molecule has 1 saturated carbocycles. The fourth-order valence-electron chi connectivity index (χ4n) is 2.02. The molecule has 2 fully saturated rings.